The number of aryl methyl sites for hydroxylation is 2. The van der Waals surface area contributed by atoms with E-state index in [0.29, 0.717) is 6.54 Å². The van der Waals surface area contributed by atoms with Gasteiger partial charge in [0.1, 0.15) is 0 Å². The first-order valence-corrected chi connectivity index (χ1v) is 5.01. The molecule has 0 saturated heterocycles. The van der Waals surface area contributed by atoms with E-state index in [1.165, 1.54) is 0 Å². The van der Waals surface area contributed by atoms with Crippen molar-refractivity contribution in [2.75, 3.05) is 0 Å². The van der Waals surface area contributed by atoms with Crippen LogP contribution >= 0.6 is 0 Å². The average molecular weight is 219 g/mol. The zero-order valence-electron chi connectivity index (χ0n) is 9.00. The zero-order chi connectivity index (χ0) is 11.5. The quantitative estimate of drug-likeness (QED) is 0.844. The molecule has 0 saturated carbocycles. The van der Waals surface area contributed by atoms with Crippen LogP contribution in [0.2, 0.25) is 0 Å². The highest BCUT2D eigenvalue weighted by molar-refractivity contribution is 5.66. The summed E-state index contributed by atoms with van der Waals surface area (Å²) in [5, 5.41) is 8.56. The van der Waals surface area contributed by atoms with E-state index in [9.17, 15) is 4.79 Å². The maximum atomic E-state index is 10.4. The van der Waals surface area contributed by atoms with Crippen LogP contribution in [0, 0.1) is 0 Å². The lowest BCUT2D eigenvalue weighted by Crippen LogP contribution is -2.02. The molecule has 2 heterocycles. The molecule has 0 aliphatic rings. The van der Waals surface area contributed by atoms with E-state index in [4.69, 9.17) is 5.11 Å². The Balaban J connectivity index is 2.10. The summed E-state index contributed by atoms with van der Waals surface area (Å²) in [5.41, 5.74) is 1.91. The van der Waals surface area contributed by atoms with E-state index in [0.717, 1.165) is 11.3 Å². The molecule has 84 valence electrons. The molecule has 1 N–H and O–H groups in total. The van der Waals surface area contributed by atoms with Crippen molar-refractivity contribution >= 4 is 5.97 Å². The van der Waals surface area contributed by atoms with Gasteiger partial charge in [0, 0.05) is 37.7 Å². The van der Waals surface area contributed by atoms with Gasteiger partial charge in [0.05, 0.1) is 18.4 Å². The normalized spacial score (nSPS) is 10.6. The number of nitrogens with zero attached hydrogens (tertiary/aromatic N) is 3. The van der Waals surface area contributed by atoms with Crippen LogP contribution in [0.15, 0.2) is 31.0 Å². The third-order valence-electron chi connectivity index (χ3n) is 2.34. The summed E-state index contributed by atoms with van der Waals surface area (Å²) in [4.78, 5) is 14.7. The minimum Gasteiger partial charge on any atom is -0.481 e. The molecule has 2 aromatic rings. The number of hydrogen-bond donors (Lipinski definition) is 1. The minimum absolute atomic E-state index is 0.116. The fourth-order valence-corrected chi connectivity index (χ4v) is 1.51. The fraction of sp³-hybridized carbons (Fsp3) is 0.273. The highest BCUT2D eigenvalue weighted by Gasteiger charge is 2.04. The molecule has 5 nitrogen and oxygen atoms in total. The number of aromatic nitrogens is 3. The smallest absolute Gasteiger partial charge is 0.305 e. The monoisotopic (exact) mass is 219 g/mol. The second-order valence-corrected chi connectivity index (χ2v) is 3.71. The van der Waals surface area contributed by atoms with Gasteiger partial charge in [-0.25, -0.2) is 4.98 Å². The van der Waals surface area contributed by atoms with Gasteiger partial charge in [-0.15, -0.1) is 0 Å². The van der Waals surface area contributed by atoms with Gasteiger partial charge in [-0.05, 0) is 6.07 Å². The molecule has 2 rings (SSSR count). The SMILES string of the molecule is Cn1ccc(-c2cn(CCC(=O)O)cn2)c1. The highest BCUT2D eigenvalue weighted by atomic mass is 16.4. The van der Waals surface area contributed by atoms with Gasteiger partial charge in [0.25, 0.3) is 0 Å². The van der Waals surface area contributed by atoms with Crippen molar-refractivity contribution in [3.63, 3.8) is 0 Å². The molecule has 0 radical (unpaired) electrons. The summed E-state index contributed by atoms with van der Waals surface area (Å²) in [6.45, 7) is 0.454. The molecule has 0 bridgehead atoms. The molecule has 0 spiro atoms. The third kappa shape index (κ3) is 2.31. The summed E-state index contributed by atoms with van der Waals surface area (Å²) in [6, 6.07) is 1.98. The van der Waals surface area contributed by atoms with Gasteiger partial charge >= 0.3 is 5.97 Å². The van der Waals surface area contributed by atoms with Crippen molar-refractivity contribution in [1.29, 1.82) is 0 Å². The molecule has 0 aliphatic heterocycles. The van der Waals surface area contributed by atoms with E-state index < -0.39 is 5.97 Å². The van der Waals surface area contributed by atoms with E-state index in [2.05, 4.69) is 4.98 Å². The Morgan fingerprint density at radius 3 is 2.94 bits per heavy atom. The lowest BCUT2D eigenvalue weighted by atomic mass is 10.3. The van der Waals surface area contributed by atoms with Crippen LogP contribution in [-0.4, -0.2) is 25.2 Å². The Bertz CT molecular complexity index is 499. The molecule has 5 heteroatoms. The first kappa shape index (κ1) is 10.5. The Labute approximate surface area is 93.0 Å². The molecular weight excluding hydrogens is 206 g/mol. The zero-order valence-corrected chi connectivity index (χ0v) is 9.00. The fourth-order valence-electron chi connectivity index (χ4n) is 1.51. The van der Waals surface area contributed by atoms with Gasteiger partial charge < -0.3 is 14.2 Å². The van der Waals surface area contributed by atoms with E-state index >= 15 is 0 Å². The van der Waals surface area contributed by atoms with Crippen molar-refractivity contribution in [2.45, 2.75) is 13.0 Å². The van der Waals surface area contributed by atoms with Crippen LogP contribution in [-0.2, 0) is 18.4 Å². The van der Waals surface area contributed by atoms with Crippen LogP contribution in [0.25, 0.3) is 11.3 Å². The average Bonchev–Trinajstić information content (AvgIpc) is 2.83. The summed E-state index contributed by atoms with van der Waals surface area (Å²) < 4.78 is 3.74. The first-order valence-electron chi connectivity index (χ1n) is 5.01. The maximum absolute atomic E-state index is 10.4. The van der Waals surface area contributed by atoms with E-state index in [1.54, 1.807) is 10.9 Å². The van der Waals surface area contributed by atoms with Gasteiger partial charge in [0.2, 0.25) is 0 Å². The van der Waals surface area contributed by atoms with E-state index in [-0.39, 0.29) is 6.42 Å². The number of aliphatic carboxylic acids is 1. The van der Waals surface area contributed by atoms with Crippen molar-refractivity contribution in [3.05, 3.63) is 31.0 Å². The van der Waals surface area contributed by atoms with Crippen LogP contribution < -0.4 is 0 Å². The predicted octanol–water partition coefficient (Wildman–Crippen LogP) is 1.36. The van der Waals surface area contributed by atoms with Crippen molar-refractivity contribution in [1.82, 2.24) is 14.1 Å². The number of carboxylic acid groups (broad SMARTS) is 1. The Morgan fingerprint density at radius 2 is 2.31 bits per heavy atom. The lowest BCUT2D eigenvalue weighted by Gasteiger charge is -1.96. The second-order valence-electron chi connectivity index (χ2n) is 3.71. The molecule has 16 heavy (non-hydrogen) atoms. The van der Waals surface area contributed by atoms with Crippen LogP contribution in [0.3, 0.4) is 0 Å². The Kier molecular flexibility index (Phi) is 2.76. The third-order valence-corrected chi connectivity index (χ3v) is 2.34. The van der Waals surface area contributed by atoms with Crippen LogP contribution in [0.4, 0.5) is 0 Å². The molecule has 0 amide bonds. The predicted molar refractivity (Wildman–Crippen MR) is 58.9 cm³/mol. The number of imidazole rings is 1. The standard InChI is InChI=1S/C11H13N3O2/c1-13-4-2-9(6-13)10-7-14(8-12-10)5-3-11(15)16/h2,4,6-8H,3,5H2,1H3,(H,15,16). The van der Waals surface area contributed by atoms with Crippen molar-refractivity contribution in [2.24, 2.45) is 7.05 Å². The lowest BCUT2D eigenvalue weighted by molar-refractivity contribution is -0.137. The molecule has 0 aromatic carbocycles. The molecular formula is C11H13N3O2. The Hall–Kier alpha value is -2.04. The number of carboxylic acids is 1. The molecule has 0 aliphatic carbocycles. The van der Waals surface area contributed by atoms with Crippen LogP contribution in [0.1, 0.15) is 6.42 Å². The molecule has 0 unspecified atom stereocenters. The largest absolute Gasteiger partial charge is 0.481 e. The van der Waals surface area contributed by atoms with E-state index in [1.807, 2.05) is 36.3 Å². The highest BCUT2D eigenvalue weighted by Crippen LogP contribution is 2.16. The van der Waals surface area contributed by atoms with Crippen LogP contribution in [0.5, 0.6) is 0 Å². The number of hydrogen-bond acceptors (Lipinski definition) is 2. The maximum Gasteiger partial charge on any atom is 0.305 e. The summed E-state index contributed by atoms with van der Waals surface area (Å²) in [5.74, 6) is -0.796. The first-order chi connectivity index (χ1) is 7.65. The van der Waals surface area contributed by atoms with Crippen molar-refractivity contribution < 1.29 is 9.90 Å². The number of rotatable bonds is 4. The van der Waals surface area contributed by atoms with Gasteiger partial charge in [-0.1, -0.05) is 0 Å². The summed E-state index contributed by atoms with van der Waals surface area (Å²) in [6.07, 6.45) is 7.56. The van der Waals surface area contributed by atoms with Gasteiger partial charge in [0.15, 0.2) is 0 Å². The Morgan fingerprint density at radius 1 is 1.50 bits per heavy atom. The summed E-state index contributed by atoms with van der Waals surface area (Å²) >= 11 is 0. The second kappa shape index (κ2) is 4.22. The van der Waals surface area contributed by atoms with Gasteiger partial charge in [-0.2, -0.15) is 0 Å². The molecule has 2 aromatic heterocycles. The number of carbonyl (C=O) groups is 1. The molecule has 0 fully saturated rings. The minimum atomic E-state index is -0.796. The topological polar surface area (TPSA) is 60.0 Å². The summed E-state index contributed by atoms with van der Waals surface area (Å²) in [7, 11) is 1.95. The molecule has 0 atom stereocenters. The van der Waals surface area contributed by atoms with Gasteiger partial charge in [-0.3, -0.25) is 4.79 Å². The van der Waals surface area contributed by atoms with Crippen molar-refractivity contribution in [3.8, 4) is 11.3 Å².